The summed E-state index contributed by atoms with van der Waals surface area (Å²) >= 11 is 0. The van der Waals surface area contributed by atoms with Gasteiger partial charge in [0.25, 0.3) is 0 Å². The minimum Gasteiger partial charge on any atom is -0.393 e. The van der Waals surface area contributed by atoms with E-state index in [0.717, 1.165) is 30.6 Å². The van der Waals surface area contributed by atoms with Gasteiger partial charge in [0, 0.05) is 0 Å². The van der Waals surface area contributed by atoms with E-state index in [4.69, 9.17) is 0 Å². The Morgan fingerprint density at radius 1 is 0.952 bits per heavy atom. The standard InChI is InChI=1S/C19H30O2/c1-18-9-7-13(20)11-12(18)3-4-14-15-5-6-17(21)19(15,2)10-8-16(14)18/h7,9,12-17,20-21H,3-6,8,10-11H2,1-2H3/t12-,13?,14-,15-,16-,17-,18-,19-/m0/s1. The van der Waals surface area contributed by atoms with Crippen molar-refractivity contribution >= 4 is 0 Å². The predicted molar refractivity (Wildman–Crippen MR) is 83.6 cm³/mol. The molecule has 2 N–H and O–H groups in total. The number of allylic oxidation sites excluding steroid dienone is 1. The van der Waals surface area contributed by atoms with Gasteiger partial charge < -0.3 is 10.2 Å². The maximum absolute atomic E-state index is 10.5. The molecule has 21 heavy (non-hydrogen) atoms. The molecule has 0 aliphatic heterocycles. The lowest BCUT2D eigenvalue weighted by atomic mass is 9.46. The Bertz CT molecular complexity index is 458. The van der Waals surface area contributed by atoms with Crippen molar-refractivity contribution in [1.82, 2.24) is 0 Å². The normalized spacial score (nSPS) is 59.2. The highest BCUT2D eigenvalue weighted by molar-refractivity contribution is 5.17. The van der Waals surface area contributed by atoms with Gasteiger partial charge in [-0.1, -0.05) is 26.0 Å². The van der Waals surface area contributed by atoms with Crippen molar-refractivity contribution in [2.45, 2.75) is 71.0 Å². The molecule has 4 rings (SSSR count). The fraction of sp³-hybridized carbons (Fsp3) is 0.895. The SMILES string of the molecule is C[C@]12C=CC(O)C[C@@H]1CC[C@@H]1[C@@H]2CC[C@]2(C)[C@@H](O)CC[C@@H]12. The molecule has 0 bridgehead atoms. The molecule has 0 aromatic carbocycles. The van der Waals surface area contributed by atoms with Gasteiger partial charge in [0.05, 0.1) is 12.2 Å². The fourth-order valence-electron chi connectivity index (χ4n) is 6.76. The van der Waals surface area contributed by atoms with Crippen molar-refractivity contribution in [2.75, 3.05) is 0 Å². The molecule has 2 nitrogen and oxygen atoms in total. The summed E-state index contributed by atoms with van der Waals surface area (Å²) in [6, 6.07) is 0. The van der Waals surface area contributed by atoms with Gasteiger partial charge in [-0.05, 0) is 79.4 Å². The monoisotopic (exact) mass is 290 g/mol. The van der Waals surface area contributed by atoms with Crippen LogP contribution in [0.4, 0.5) is 0 Å². The Balaban J connectivity index is 1.67. The van der Waals surface area contributed by atoms with E-state index >= 15 is 0 Å². The van der Waals surface area contributed by atoms with Crippen molar-refractivity contribution in [2.24, 2.45) is 34.5 Å². The lowest BCUT2D eigenvalue weighted by Gasteiger charge is -2.59. The minimum absolute atomic E-state index is 0.0716. The Morgan fingerprint density at radius 2 is 1.76 bits per heavy atom. The largest absolute Gasteiger partial charge is 0.393 e. The fourth-order valence-corrected chi connectivity index (χ4v) is 6.76. The van der Waals surface area contributed by atoms with E-state index in [0.29, 0.717) is 5.92 Å². The summed E-state index contributed by atoms with van der Waals surface area (Å²) < 4.78 is 0. The Hall–Kier alpha value is -0.340. The second-order valence-electron chi connectivity index (χ2n) is 8.82. The van der Waals surface area contributed by atoms with Crippen molar-refractivity contribution in [1.29, 1.82) is 0 Å². The molecule has 0 amide bonds. The van der Waals surface area contributed by atoms with E-state index in [1.165, 1.54) is 32.1 Å². The maximum Gasteiger partial charge on any atom is 0.0724 e. The molecule has 0 aromatic heterocycles. The van der Waals surface area contributed by atoms with Crippen LogP contribution in [0.25, 0.3) is 0 Å². The molecule has 0 heterocycles. The summed E-state index contributed by atoms with van der Waals surface area (Å²) in [5.74, 6) is 2.95. The molecule has 3 fully saturated rings. The smallest absolute Gasteiger partial charge is 0.0724 e. The molecular weight excluding hydrogens is 260 g/mol. The van der Waals surface area contributed by atoms with Gasteiger partial charge >= 0.3 is 0 Å². The quantitative estimate of drug-likeness (QED) is 0.670. The molecule has 4 aliphatic rings. The van der Waals surface area contributed by atoms with Crippen LogP contribution in [0, 0.1) is 34.5 Å². The summed E-state index contributed by atoms with van der Waals surface area (Å²) in [7, 11) is 0. The average molecular weight is 290 g/mol. The molecule has 1 unspecified atom stereocenters. The van der Waals surface area contributed by atoms with Crippen molar-refractivity contribution in [3.05, 3.63) is 12.2 Å². The van der Waals surface area contributed by atoms with Gasteiger partial charge in [-0.25, -0.2) is 0 Å². The van der Waals surface area contributed by atoms with E-state index in [2.05, 4.69) is 26.0 Å². The van der Waals surface area contributed by atoms with Crippen LogP contribution in [-0.2, 0) is 0 Å². The summed E-state index contributed by atoms with van der Waals surface area (Å²) in [6.45, 7) is 4.80. The maximum atomic E-state index is 10.5. The Labute approximate surface area is 128 Å². The van der Waals surface area contributed by atoms with Gasteiger partial charge in [0.1, 0.15) is 0 Å². The van der Waals surface area contributed by atoms with E-state index in [1.54, 1.807) is 0 Å². The lowest BCUT2D eigenvalue weighted by Crippen LogP contribution is -2.53. The van der Waals surface area contributed by atoms with Crippen molar-refractivity contribution in [3.63, 3.8) is 0 Å². The molecule has 0 spiro atoms. The van der Waals surface area contributed by atoms with Crippen LogP contribution in [0.5, 0.6) is 0 Å². The van der Waals surface area contributed by atoms with Crippen LogP contribution in [0.2, 0.25) is 0 Å². The predicted octanol–water partition coefficient (Wildman–Crippen LogP) is 3.53. The molecule has 4 aliphatic carbocycles. The number of rotatable bonds is 0. The van der Waals surface area contributed by atoms with Gasteiger partial charge in [-0.15, -0.1) is 0 Å². The van der Waals surface area contributed by atoms with E-state index in [-0.39, 0.29) is 23.0 Å². The molecule has 118 valence electrons. The highest BCUT2D eigenvalue weighted by atomic mass is 16.3. The molecule has 0 saturated heterocycles. The first-order chi connectivity index (χ1) is 9.95. The number of aliphatic hydroxyl groups is 2. The van der Waals surface area contributed by atoms with Gasteiger partial charge in [-0.2, -0.15) is 0 Å². The van der Waals surface area contributed by atoms with Crippen LogP contribution >= 0.6 is 0 Å². The Morgan fingerprint density at radius 3 is 2.57 bits per heavy atom. The van der Waals surface area contributed by atoms with Crippen molar-refractivity contribution < 1.29 is 10.2 Å². The van der Waals surface area contributed by atoms with Crippen LogP contribution in [0.15, 0.2) is 12.2 Å². The molecule has 0 aromatic rings. The number of hydrogen-bond acceptors (Lipinski definition) is 2. The first-order valence-electron chi connectivity index (χ1n) is 9.00. The lowest BCUT2D eigenvalue weighted by molar-refractivity contribution is -0.0994. The first kappa shape index (κ1) is 14.3. The summed E-state index contributed by atoms with van der Waals surface area (Å²) in [6.07, 6.45) is 12.4. The number of aliphatic hydroxyl groups excluding tert-OH is 2. The highest BCUT2D eigenvalue weighted by Crippen LogP contribution is 2.65. The Kier molecular flexibility index (Phi) is 3.11. The molecule has 2 heteroatoms. The van der Waals surface area contributed by atoms with Crippen molar-refractivity contribution in [3.8, 4) is 0 Å². The average Bonchev–Trinajstić information content (AvgIpc) is 2.76. The van der Waals surface area contributed by atoms with E-state index < -0.39 is 0 Å². The zero-order valence-electron chi connectivity index (χ0n) is 13.5. The third-order valence-corrected chi connectivity index (χ3v) is 8.12. The molecule has 8 atom stereocenters. The van der Waals surface area contributed by atoms with E-state index in [9.17, 15) is 10.2 Å². The van der Waals surface area contributed by atoms with Crippen LogP contribution in [0.1, 0.15) is 58.8 Å². The third-order valence-electron chi connectivity index (χ3n) is 8.12. The second-order valence-corrected chi connectivity index (χ2v) is 8.82. The van der Waals surface area contributed by atoms with E-state index in [1.807, 2.05) is 0 Å². The summed E-state index contributed by atoms with van der Waals surface area (Å²) in [5, 5.41) is 20.4. The first-order valence-corrected chi connectivity index (χ1v) is 9.00. The van der Waals surface area contributed by atoms with Crippen LogP contribution in [-0.4, -0.2) is 22.4 Å². The number of hydrogen-bond donors (Lipinski definition) is 2. The minimum atomic E-state index is -0.221. The van der Waals surface area contributed by atoms with Crippen LogP contribution in [0.3, 0.4) is 0 Å². The molecular formula is C19H30O2. The van der Waals surface area contributed by atoms with Gasteiger partial charge in [0.2, 0.25) is 0 Å². The van der Waals surface area contributed by atoms with Gasteiger partial charge in [-0.3, -0.25) is 0 Å². The van der Waals surface area contributed by atoms with Crippen LogP contribution < -0.4 is 0 Å². The zero-order valence-corrected chi connectivity index (χ0v) is 13.5. The summed E-state index contributed by atoms with van der Waals surface area (Å²) in [4.78, 5) is 0. The zero-order chi connectivity index (χ0) is 14.8. The third kappa shape index (κ3) is 1.84. The second kappa shape index (κ2) is 4.58. The van der Waals surface area contributed by atoms with Gasteiger partial charge in [0.15, 0.2) is 0 Å². The molecule has 3 saturated carbocycles. The topological polar surface area (TPSA) is 40.5 Å². The molecule has 0 radical (unpaired) electrons. The number of fused-ring (bicyclic) bond motifs is 5. The highest BCUT2D eigenvalue weighted by Gasteiger charge is 2.59. The summed E-state index contributed by atoms with van der Waals surface area (Å²) in [5.41, 5.74) is 0.472.